The lowest BCUT2D eigenvalue weighted by molar-refractivity contribution is -0.286. The third-order valence-electron chi connectivity index (χ3n) is 3.92. The summed E-state index contributed by atoms with van der Waals surface area (Å²) in [6.45, 7) is 8.94. The maximum Gasteiger partial charge on any atom is 0.495 e. The van der Waals surface area contributed by atoms with Crippen LogP contribution in [0.5, 0.6) is 5.75 Å². The molecule has 0 fully saturated rings. The van der Waals surface area contributed by atoms with Gasteiger partial charge in [0, 0.05) is 0 Å². The minimum Gasteiger partial charge on any atom is -0.494 e. The summed E-state index contributed by atoms with van der Waals surface area (Å²) in [5, 5.41) is 2.80. The quantitative estimate of drug-likeness (QED) is 0.371. The van der Waals surface area contributed by atoms with Gasteiger partial charge in [0.2, 0.25) is 0 Å². The van der Waals surface area contributed by atoms with Crippen molar-refractivity contribution in [3.8, 4) is 5.75 Å². The number of carbonyl (C=O) groups excluding carboxylic acids is 2. The molecule has 0 spiro atoms. The van der Waals surface area contributed by atoms with Gasteiger partial charge in [-0.05, 0) is 55.8 Å². The van der Waals surface area contributed by atoms with Gasteiger partial charge in [0.15, 0.2) is 0 Å². The standard InChI is InChI=1S/C20H28F3NO5/c1-14(17(25)28-29-18(26)20(21,22)23)24-12-5-6-15-7-9-16(10-8-15)27-13-11-19(2,3)4/h7-10,14,24H,5-6,11-13H2,1-4H3/t14-/m0/s1. The van der Waals surface area contributed by atoms with Gasteiger partial charge in [-0.3, -0.25) is 0 Å². The summed E-state index contributed by atoms with van der Waals surface area (Å²) in [5.74, 6) is -2.89. The highest BCUT2D eigenvalue weighted by Crippen LogP contribution is 2.20. The predicted molar refractivity (Wildman–Crippen MR) is 100 cm³/mol. The molecule has 0 saturated heterocycles. The average Bonchev–Trinajstić information content (AvgIpc) is 2.62. The molecule has 1 N–H and O–H groups in total. The van der Waals surface area contributed by atoms with Crippen LogP contribution in [0.25, 0.3) is 0 Å². The molecule has 0 amide bonds. The van der Waals surface area contributed by atoms with Gasteiger partial charge in [-0.2, -0.15) is 13.2 Å². The molecule has 1 aromatic rings. The highest BCUT2D eigenvalue weighted by molar-refractivity contribution is 5.78. The van der Waals surface area contributed by atoms with E-state index in [2.05, 4.69) is 35.9 Å². The van der Waals surface area contributed by atoms with Crippen molar-refractivity contribution in [3.63, 3.8) is 0 Å². The Kier molecular flexibility index (Phi) is 9.42. The first-order chi connectivity index (χ1) is 13.4. The molecule has 0 aliphatic heterocycles. The van der Waals surface area contributed by atoms with E-state index in [1.54, 1.807) is 0 Å². The summed E-state index contributed by atoms with van der Waals surface area (Å²) in [5.41, 5.74) is 1.31. The van der Waals surface area contributed by atoms with Crippen LogP contribution in [0.4, 0.5) is 13.2 Å². The molecule has 164 valence electrons. The molecule has 0 saturated carbocycles. The highest BCUT2D eigenvalue weighted by atomic mass is 19.4. The first kappa shape index (κ1) is 24.7. The summed E-state index contributed by atoms with van der Waals surface area (Å²) in [7, 11) is 0. The Hall–Kier alpha value is -2.29. The van der Waals surface area contributed by atoms with Crippen LogP contribution in [0.15, 0.2) is 24.3 Å². The van der Waals surface area contributed by atoms with E-state index in [1.165, 1.54) is 6.92 Å². The Morgan fingerprint density at radius 3 is 2.24 bits per heavy atom. The van der Waals surface area contributed by atoms with Crippen LogP contribution in [0.2, 0.25) is 0 Å². The van der Waals surface area contributed by atoms with E-state index >= 15 is 0 Å². The number of halogens is 3. The van der Waals surface area contributed by atoms with Gasteiger partial charge in [-0.25, -0.2) is 19.4 Å². The third-order valence-corrected chi connectivity index (χ3v) is 3.92. The van der Waals surface area contributed by atoms with Gasteiger partial charge in [0.1, 0.15) is 11.8 Å². The number of hydrogen-bond acceptors (Lipinski definition) is 6. The summed E-state index contributed by atoms with van der Waals surface area (Å²) < 4.78 is 41.6. The van der Waals surface area contributed by atoms with Crippen molar-refractivity contribution >= 4 is 11.9 Å². The van der Waals surface area contributed by atoms with Gasteiger partial charge in [-0.1, -0.05) is 32.9 Å². The summed E-state index contributed by atoms with van der Waals surface area (Å²) in [4.78, 5) is 29.3. The molecule has 9 heteroatoms. The van der Waals surface area contributed by atoms with Gasteiger partial charge < -0.3 is 10.1 Å². The second kappa shape index (κ2) is 11.0. The Labute approximate surface area is 168 Å². The summed E-state index contributed by atoms with van der Waals surface area (Å²) >= 11 is 0. The minimum absolute atomic E-state index is 0.219. The zero-order valence-electron chi connectivity index (χ0n) is 17.1. The lowest BCUT2D eigenvalue weighted by atomic mass is 9.93. The SMILES string of the molecule is C[C@H](NCCCc1ccc(OCCC(C)(C)C)cc1)C(=O)OOC(=O)C(F)(F)F. The zero-order valence-corrected chi connectivity index (χ0v) is 17.1. The maximum atomic E-state index is 12.0. The van der Waals surface area contributed by atoms with E-state index < -0.39 is 24.2 Å². The molecule has 1 rings (SSSR count). The number of ether oxygens (including phenoxy) is 1. The van der Waals surface area contributed by atoms with Crippen LogP contribution in [0.1, 0.15) is 46.1 Å². The van der Waals surface area contributed by atoms with E-state index in [-0.39, 0.29) is 5.41 Å². The van der Waals surface area contributed by atoms with Crippen molar-refractivity contribution in [1.29, 1.82) is 0 Å². The van der Waals surface area contributed by atoms with Crippen molar-refractivity contribution < 1.29 is 37.3 Å². The molecule has 29 heavy (non-hydrogen) atoms. The smallest absolute Gasteiger partial charge is 0.494 e. The Morgan fingerprint density at radius 2 is 1.69 bits per heavy atom. The van der Waals surface area contributed by atoms with Crippen LogP contribution in [0, 0.1) is 5.41 Å². The van der Waals surface area contributed by atoms with Crippen LogP contribution in [-0.2, 0) is 25.8 Å². The summed E-state index contributed by atoms with van der Waals surface area (Å²) in [6, 6.07) is 6.80. The van der Waals surface area contributed by atoms with Gasteiger partial charge in [0.05, 0.1) is 6.61 Å². The van der Waals surface area contributed by atoms with E-state index in [1.807, 2.05) is 24.3 Å². The van der Waals surface area contributed by atoms with Crippen LogP contribution in [-0.4, -0.2) is 37.3 Å². The largest absolute Gasteiger partial charge is 0.495 e. The molecule has 1 atom stereocenters. The average molecular weight is 419 g/mol. The van der Waals surface area contributed by atoms with Crippen molar-refractivity contribution in [3.05, 3.63) is 29.8 Å². The van der Waals surface area contributed by atoms with Gasteiger partial charge in [0.25, 0.3) is 0 Å². The van der Waals surface area contributed by atoms with Crippen molar-refractivity contribution in [1.82, 2.24) is 5.32 Å². The first-order valence-electron chi connectivity index (χ1n) is 9.33. The first-order valence-corrected chi connectivity index (χ1v) is 9.33. The number of carbonyl (C=O) groups is 2. The molecule has 6 nitrogen and oxygen atoms in total. The van der Waals surface area contributed by atoms with Crippen LogP contribution < -0.4 is 10.1 Å². The number of benzene rings is 1. The fourth-order valence-corrected chi connectivity index (χ4v) is 2.12. The lowest BCUT2D eigenvalue weighted by Crippen LogP contribution is -2.37. The zero-order chi connectivity index (χ0) is 22.1. The molecule has 0 heterocycles. The number of hydrogen-bond donors (Lipinski definition) is 1. The van der Waals surface area contributed by atoms with Crippen LogP contribution >= 0.6 is 0 Å². The minimum atomic E-state index is -5.22. The molecule has 0 radical (unpaired) electrons. The molecule has 1 aromatic carbocycles. The molecular weight excluding hydrogens is 391 g/mol. The second-order valence-electron chi connectivity index (χ2n) is 7.85. The highest BCUT2D eigenvalue weighted by Gasteiger charge is 2.43. The van der Waals surface area contributed by atoms with Crippen molar-refractivity contribution in [2.24, 2.45) is 5.41 Å². The number of nitrogens with one attached hydrogen (secondary N) is 1. The van der Waals surface area contributed by atoms with Crippen molar-refractivity contribution in [2.45, 2.75) is 59.2 Å². The van der Waals surface area contributed by atoms with E-state index in [9.17, 15) is 22.8 Å². The maximum absolute atomic E-state index is 12.0. The van der Waals surface area contributed by atoms with Gasteiger partial charge in [-0.15, -0.1) is 0 Å². The number of alkyl halides is 3. The normalized spacial score (nSPS) is 12.9. The molecule has 0 aliphatic rings. The molecule has 0 aliphatic carbocycles. The van der Waals surface area contributed by atoms with Crippen LogP contribution in [0.3, 0.4) is 0 Å². The molecular formula is C20H28F3NO5. The third kappa shape index (κ3) is 10.7. The monoisotopic (exact) mass is 419 g/mol. The van der Waals surface area contributed by atoms with Crippen molar-refractivity contribution in [2.75, 3.05) is 13.2 Å². The van der Waals surface area contributed by atoms with Gasteiger partial charge >= 0.3 is 18.1 Å². The predicted octanol–water partition coefficient (Wildman–Crippen LogP) is 3.98. The Morgan fingerprint density at radius 1 is 1.07 bits per heavy atom. The van der Waals surface area contributed by atoms with E-state index in [0.29, 0.717) is 19.6 Å². The molecule has 0 aromatic heterocycles. The fraction of sp³-hybridized carbons (Fsp3) is 0.600. The Balaban J connectivity index is 2.25. The fourth-order valence-electron chi connectivity index (χ4n) is 2.12. The topological polar surface area (TPSA) is 73.9 Å². The van der Waals surface area contributed by atoms with E-state index in [0.717, 1.165) is 24.2 Å². The molecule has 0 bridgehead atoms. The number of rotatable bonds is 9. The Bertz CT molecular complexity index is 654. The second-order valence-corrected chi connectivity index (χ2v) is 7.85. The summed E-state index contributed by atoms with van der Waals surface area (Å²) in [6.07, 6.45) is -2.84. The lowest BCUT2D eigenvalue weighted by Gasteiger charge is -2.18. The van der Waals surface area contributed by atoms with E-state index in [4.69, 9.17) is 4.74 Å². The number of aryl methyl sites for hydroxylation is 1. The molecule has 0 unspecified atom stereocenters.